The van der Waals surface area contributed by atoms with Crippen molar-refractivity contribution < 1.29 is 19.4 Å². The third-order valence-corrected chi connectivity index (χ3v) is 7.63. The number of hydrogen-bond donors (Lipinski definition) is 3. The zero-order chi connectivity index (χ0) is 27.6. The summed E-state index contributed by atoms with van der Waals surface area (Å²) in [5, 5.41) is 15.7. The second-order valence-corrected chi connectivity index (χ2v) is 11.3. The number of hydrogen-bond acceptors (Lipinski definition) is 8. The van der Waals surface area contributed by atoms with Crippen LogP contribution in [0, 0.1) is 11.3 Å². The summed E-state index contributed by atoms with van der Waals surface area (Å²) < 4.78 is 5.57. The zero-order valence-electron chi connectivity index (χ0n) is 23.2. The summed E-state index contributed by atoms with van der Waals surface area (Å²) in [5.41, 5.74) is 1.16. The average Bonchev–Trinajstić information content (AvgIpc) is 3.42. The normalized spacial score (nSPS) is 18.3. The van der Waals surface area contributed by atoms with E-state index in [1.54, 1.807) is 36.3 Å². The van der Waals surface area contributed by atoms with Crippen LogP contribution in [0.15, 0.2) is 24.4 Å². The van der Waals surface area contributed by atoms with Gasteiger partial charge in [-0.15, -0.1) is 0 Å². The molecular formula is C28H40N6O4. The summed E-state index contributed by atoms with van der Waals surface area (Å²) in [5.74, 6) is 1.44. The van der Waals surface area contributed by atoms with E-state index >= 15 is 0 Å². The van der Waals surface area contributed by atoms with Gasteiger partial charge in [-0.05, 0) is 50.8 Å². The molecule has 1 fully saturated rings. The first-order valence-electron chi connectivity index (χ1n) is 13.3. The molecule has 206 valence electrons. The van der Waals surface area contributed by atoms with Crippen molar-refractivity contribution in [3.05, 3.63) is 30.0 Å². The fraction of sp³-hybridized carbons (Fsp3) is 0.571. The summed E-state index contributed by atoms with van der Waals surface area (Å²) in [4.78, 5) is 39.4. The largest absolute Gasteiger partial charge is 0.495 e. The molecule has 10 heteroatoms. The van der Waals surface area contributed by atoms with E-state index in [0.717, 1.165) is 18.7 Å². The standard InChI is InChI=1S/C28H40N6O4/c1-17(2)21(15-35)30-25(36)18-11-12-20(23(13-18)38-6)31-27-29-14-22-24(32-27)34(19-9-7-8-10-19)16-28(3,4)26(37)33(22)5/h11-14,17,19,21,35H,7-10,15-16H2,1-6H3,(H,30,36)(H,29,31,32). The molecule has 2 aliphatic rings. The number of methoxy groups -OCH3 is 1. The lowest BCUT2D eigenvalue weighted by Crippen LogP contribution is -2.45. The number of aliphatic hydroxyl groups is 1. The van der Waals surface area contributed by atoms with Gasteiger partial charge in [-0.25, -0.2) is 4.98 Å². The van der Waals surface area contributed by atoms with Crippen molar-refractivity contribution in [1.29, 1.82) is 0 Å². The Labute approximate surface area is 224 Å². The van der Waals surface area contributed by atoms with Crippen molar-refractivity contribution in [2.75, 3.05) is 42.4 Å². The van der Waals surface area contributed by atoms with E-state index in [9.17, 15) is 14.7 Å². The van der Waals surface area contributed by atoms with Gasteiger partial charge in [0.15, 0.2) is 5.82 Å². The van der Waals surface area contributed by atoms with Crippen molar-refractivity contribution in [2.24, 2.45) is 11.3 Å². The van der Waals surface area contributed by atoms with Gasteiger partial charge in [0.05, 0.1) is 37.1 Å². The predicted molar refractivity (Wildman–Crippen MR) is 148 cm³/mol. The maximum absolute atomic E-state index is 13.2. The number of carbonyl (C=O) groups is 2. The number of ether oxygens (including phenoxy) is 1. The zero-order valence-corrected chi connectivity index (χ0v) is 23.2. The molecule has 0 bridgehead atoms. The molecule has 0 radical (unpaired) electrons. The molecule has 2 heterocycles. The predicted octanol–water partition coefficient (Wildman–Crippen LogP) is 3.73. The van der Waals surface area contributed by atoms with Crippen molar-refractivity contribution in [2.45, 2.75) is 65.5 Å². The SMILES string of the molecule is COc1cc(C(=O)NC(CO)C(C)C)ccc1Nc1ncc2c(n1)N(C1CCCC1)CC(C)(C)C(=O)N2C. The van der Waals surface area contributed by atoms with E-state index in [1.165, 1.54) is 20.0 Å². The number of amides is 2. The molecule has 10 nitrogen and oxygen atoms in total. The number of fused-ring (bicyclic) bond motifs is 1. The molecule has 0 spiro atoms. The molecule has 0 saturated heterocycles. The summed E-state index contributed by atoms with van der Waals surface area (Å²) in [6.07, 6.45) is 6.19. The van der Waals surface area contributed by atoms with Crippen LogP contribution in [0.25, 0.3) is 0 Å². The van der Waals surface area contributed by atoms with Gasteiger partial charge in [-0.3, -0.25) is 9.59 Å². The van der Waals surface area contributed by atoms with Gasteiger partial charge in [-0.1, -0.05) is 26.7 Å². The van der Waals surface area contributed by atoms with Gasteiger partial charge in [0.1, 0.15) is 11.4 Å². The minimum absolute atomic E-state index is 0.0417. The first-order valence-corrected chi connectivity index (χ1v) is 13.3. The number of anilines is 4. The Morgan fingerprint density at radius 3 is 2.61 bits per heavy atom. The van der Waals surface area contributed by atoms with E-state index < -0.39 is 5.41 Å². The number of nitrogens with zero attached hydrogens (tertiary/aromatic N) is 4. The summed E-state index contributed by atoms with van der Waals surface area (Å²) in [7, 11) is 3.32. The summed E-state index contributed by atoms with van der Waals surface area (Å²) in [6, 6.07) is 5.08. The lowest BCUT2D eigenvalue weighted by molar-refractivity contribution is -0.125. The van der Waals surface area contributed by atoms with Crippen LogP contribution in [-0.4, -0.2) is 66.3 Å². The molecular weight excluding hydrogens is 484 g/mol. The van der Waals surface area contributed by atoms with E-state index in [1.807, 2.05) is 27.7 Å². The maximum atomic E-state index is 13.2. The quantitative estimate of drug-likeness (QED) is 0.478. The van der Waals surface area contributed by atoms with Gasteiger partial charge in [0, 0.05) is 25.2 Å². The number of nitrogens with one attached hydrogen (secondary N) is 2. The minimum atomic E-state index is -0.560. The lowest BCUT2D eigenvalue weighted by atomic mass is 9.91. The summed E-state index contributed by atoms with van der Waals surface area (Å²) in [6.45, 7) is 8.31. The van der Waals surface area contributed by atoms with Crippen LogP contribution in [0.1, 0.15) is 63.7 Å². The molecule has 1 aromatic heterocycles. The number of aromatic nitrogens is 2. The Morgan fingerprint density at radius 2 is 1.97 bits per heavy atom. The fourth-order valence-electron chi connectivity index (χ4n) is 5.26. The van der Waals surface area contributed by atoms with Crippen LogP contribution >= 0.6 is 0 Å². The highest BCUT2D eigenvalue weighted by molar-refractivity contribution is 6.01. The molecule has 2 aromatic rings. The monoisotopic (exact) mass is 524 g/mol. The maximum Gasteiger partial charge on any atom is 0.251 e. The Bertz CT molecular complexity index is 1180. The fourth-order valence-corrected chi connectivity index (χ4v) is 5.26. The molecule has 4 rings (SSSR count). The van der Waals surface area contributed by atoms with Crippen LogP contribution in [-0.2, 0) is 4.79 Å². The van der Waals surface area contributed by atoms with Gasteiger partial charge < -0.3 is 30.3 Å². The first-order chi connectivity index (χ1) is 18.1. The van der Waals surface area contributed by atoms with E-state index in [-0.39, 0.29) is 30.4 Å². The van der Waals surface area contributed by atoms with E-state index in [2.05, 4.69) is 20.5 Å². The molecule has 2 amide bonds. The highest BCUT2D eigenvalue weighted by atomic mass is 16.5. The third kappa shape index (κ3) is 5.55. The molecule has 3 N–H and O–H groups in total. The first kappa shape index (κ1) is 27.6. The smallest absolute Gasteiger partial charge is 0.251 e. The van der Waals surface area contributed by atoms with Crippen molar-refractivity contribution >= 4 is 35.0 Å². The Morgan fingerprint density at radius 1 is 1.26 bits per heavy atom. The Hall–Kier alpha value is -3.40. The van der Waals surface area contributed by atoms with Gasteiger partial charge in [0.2, 0.25) is 11.9 Å². The number of rotatable bonds is 8. The van der Waals surface area contributed by atoms with Crippen LogP contribution < -0.4 is 25.2 Å². The van der Waals surface area contributed by atoms with Gasteiger partial charge >= 0.3 is 0 Å². The third-order valence-electron chi connectivity index (χ3n) is 7.63. The Balaban J connectivity index is 1.64. The second-order valence-electron chi connectivity index (χ2n) is 11.3. The summed E-state index contributed by atoms with van der Waals surface area (Å²) >= 11 is 0. The number of aliphatic hydroxyl groups excluding tert-OH is 1. The van der Waals surface area contributed by atoms with Crippen molar-refractivity contribution in [1.82, 2.24) is 15.3 Å². The van der Waals surface area contributed by atoms with E-state index in [0.29, 0.717) is 41.2 Å². The number of carbonyl (C=O) groups excluding carboxylic acids is 2. The second kappa shape index (κ2) is 11.1. The minimum Gasteiger partial charge on any atom is -0.495 e. The highest BCUT2D eigenvalue weighted by Crippen LogP contribution is 2.40. The molecule has 1 aliphatic heterocycles. The topological polar surface area (TPSA) is 120 Å². The van der Waals surface area contributed by atoms with Gasteiger partial charge in [-0.2, -0.15) is 4.98 Å². The molecule has 1 atom stereocenters. The molecule has 1 unspecified atom stereocenters. The number of benzene rings is 1. The lowest BCUT2D eigenvalue weighted by Gasteiger charge is -2.34. The molecule has 1 aliphatic carbocycles. The molecule has 1 aromatic carbocycles. The van der Waals surface area contributed by atoms with E-state index in [4.69, 9.17) is 9.72 Å². The van der Waals surface area contributed by atoms with Crippen LogP contribution in [0.4, 0.5) is 23.1 Å². The Kier molecular flexibility index (Phi) is 8.10. The van der Waals surface area contributed by atoms with Crippen LogP contribution in [0.2, 0.25) is 0 Å². The molecule has 1 saturated carbocycles. The van der Waals surface area contributed by atoms with Crippen LogP contribution in [0.5, 0.6) is 5.75 Å². The average molecular weight is 525 g/mol. The highest BCUT2D eigenvalue weighted by Gasteiger charge is 2.41. The van der Waals surface area contributed by atoms with Crippen molar-refractivity contribution in [3.8, 4) is 5.75 Å². The molecule has 38 heavy (non-hydrogen) atoms. The van der Waals surface area contributed by atoms with Crippen molar-refractivity contribution in [3.63, 3.8) is 0 Å². The van der Waals surface area contributed by atoms with Crippen LogP contribution in [0.3, 0.4) is 0 Å². The van der Waals surface area contributed by atoms with Gasteiger partial charge in [0.25, 0.3) is 5.91 Å².